The van der Waals surface area contributed by atoms with Crippen LogP contribution in [0.15, 0.2) is 28.8 Å². The van der Waals surface area contributed by atoms with Crippen molar-refractivity contribution in [2.75, 3.05) is 13.7 Å². The monoisotopic (exact) mass is 380 g/mol. The molecule has 1 amide bonds. The zero-order valence-corrected chi connectivity index (χ0v) is 16.0. The Balaban J connectivity index is 0.00000243. The van der Waals surface area contributed by atoms with E-state index in [1.165, 1.54) is 0 Å². The molecule has 26 heavy (non-hydrogen) atoms. The molecular weight excluding hydrogens is 356 g/mol. The second-order valence-electron chi connectivity index (χ2n) is 6.49. The Morgan fingerprint density at radius 3 is 3.00 bits per heavy atom. The van der Waals surface area contributed by atoms with Crippen molar-refractivity contribution >= 4 is 18.3 Å². The quantitative estimate of drug-likeness (QED) is 0.829. The molecule has 3 atom stereocenters. The third kappa shape index (κ3) is 4.74. The lowest BCUT2D eigenvalue weighted by Gasteiger charge is -2.27. The third-order valence-corrected chi connectivity index (χ3v) is 4.49. The molecule has 1 aliphatic heterocycles. The summed E-state index contributed by atoms with van der Waals surface area (Å²) in [5.74, 6) is 1.67. The second-order valence-corrected chi connectivity index (χ2v) is 6.49. The van der Waals surface area contributed by atoms with E-state index in [0.717, 1.165) is 30.7 Å². The molecule has 0 spiro atoms. The minimum absolute atomic E-state index is 0. The Morgan fingerprint density at radius 1 is 1.46 bits per heavy atom. The summed E-state index contributed by atoms with van der Waals surface area (Å²) in [7, 11) is 1.61. The SMILES string of the molecule is COc1cccc(-c2noc(C(C)NC(=O)[C@H]3CCN[C@@H](C)C3)n2)c1.Cl. The number of ether oxygens (including phenoxy) is 1. The lowest BCUT2D eigenvalue weighted by atomic mass is 9.92. The molecule has 1 aromatic heterocycles. The Morgan fingerprint density at radius 2 is 2.27 bits per heavy atom. The summed E-state index contributed by atoms with van der Waals surface area (Å²) in [6, 6.07) is 7.49. The van der Waals surface area contributed by atoms with Crippen LogP contribution in [-0.2, 0) is 4.79 Å². The molecule has 1 aromatic carbocycles. The molecular formula is C18H25ClN4O3. The lowest BCUT2D eigenvalue weighted by molar-refractivity contribution is -0.126. The first-order chi connectivity index (χ1) is 12.1. The average molecular weight is 381 g/mol. The van der Waals surface area contributed by atoms with Crippen LogP contribution < -0.4 is 15.4 Å². The predicted molar refractivity (Wildman–Crippen MR) is 100 cm³/mol. The van der Waals surface area contributed by atoms with E-state index in [9.17, 15) is 4.79 Å². The fraction of sp³-hybridized carbons (Fsp3) is 0.500. The summed E-state index contributed by atoms with van der Waals surface area (Å²) in [5, 5.41) is 10.3. The van der Waals surface area contributed by atoms with Gasteiger partial charge in [-0.1, -0.05) is 17.3 Å². The van der Waals surface area contributed by atoms with Crippen LogP contribution in [0.1, 0.15) is 38.6 Å². The van der Waals surface area contributed by atoms with Crippen molar-refractivity contribution in [1.29, 1.82) is 0 Å². The van der Waals surface area contributed by atoms with Crippen molar-refractivity contribution in [2.24, 2.45) is 5.92 Å². The fourth-order valence-electron chi connectivity index (χ4n) is 3.05. The molecule has 3 rings (SSSR count). The highest BCUT2D eigenvalue weighted by molar-refractivity contribution is 5.85. The molecule has 2 aromatic rings. The minimum atomic E-state index is -0.329. The van der Waals surface area contributed by atoms with Gasteiger partial charge < -0.3 is 19.9 Å². The summed E-state index contributed by atoms with van der Waals surface area (Å²) in [5.41, 5.74) is 0.806. The normalized spacial score (nSPS) is 20.7. The number of methoxy groups -OCH3 is 1. The topological polar surface area (TPSA) is 89.3 Å². The van der Waals surface area contributed by atoms with Crippen molar-refractivity contribution in [2.45, 2.75) is 38.8 Å². The van der Waals surface area contributed by atoms with Crippen LogP contribution in [0.4, 0.5) is 0 Å². The van der Waals surface area contributed by atoms with Gasteiger partial charge in [-0.2, -0.15) is 4.98 Å². The molecule has 0 aliphatic carbocycles. The molecule has 142 valence electrons. The van der Waals surface area contributed by atoms with Gasteiger partial charge in [-0.3, -0.25) is 4.79 Å². The van der Waals surface area contributed by atoms with E-state index in [1.54, 1.807) is 7.11 Å². The molecule has 1 saturated heterocycles. The van der Waals surface area contributed by atoms with Crippen molar-refractivity contribution in [1.82, 2.24) is 20.8 Å². The number of aromatic nitrogens is 2. The smallest absolute Gasteiger partial charge is 0.249 e. The number of benzene rings is 1. The number of hydrogen-bond donors (Lipinski definition) is 2. The maximum Gasteiger partial charge on any atom is 0.249 e. The molecule has 0 saturated carbocycles. The van der Waals surface area contributed by atoms with E-state index in [1.807, 2.05) is 31.2 Å². The number of piperidine rings is 1. The minimum Gasteiger partial charge on any atom is -0.497 e. The number of nitrogens with zero attached hydrogens (tertiary/aromatic N) is 2. The predicted octanol–water partition coefficient (Wildman–Crippen LogP) is 2.73. The van der Waals surface area contributed by atoms with Crippen LogP contribution in [0, 0.1) is 5.92 Å². The standard InChI is InChI=1S/C18H24N4O3.ClH/c1-11-9-14(7-8-19-11)17(23)20-12(2)18-21-16(22-25-18)13-5-4-6-15(10-13)24-3;/h4-6,10-12,14,19H,7-9H2,1-3H3,(H,20,23);1H/t11-,12?,14-;/m0./s1. The fourth-order valence-corrected chi connectivity index (χ4v) is 3.05. The van der Waals surface area contributed by atoms with Crippen LogP contribution in [0.5, 0.6) is 5.75 Å². The van der Waals surface area contributed by atoms with Crippen LogP contribution in [0.3, 0.4) is 0 Å². The first-order valence-electron chi connectivity index (χ1n) is 8.58. The summed E-state index contributed by atoms with van der Waals surface area (Å²) >= 11 is 0. The van der Waals surface area contributed by atoms with E-state index in [0.29, 0.717) is 17.8 Å². The van der Waals surface area contributed by atoms with Gasteiger partial charge in [-0.05, 0) is 45.4 Å². The summed E-state index contributed by atoms with van der Waals surface area (Å²) in [6.45, 7) is 4.82. The molecule has 0 bridgehead atoms. The van der Waals surface area contributed by atoms with Crippen LogP contribution in [-0.4, -0.2) is 35.7 Å². The zero-order chi connectivity index (χ0) is 17.8. The molecule has 1 fully saturated rings. The van der Waals surface area contributed by atoms with E-state index >= 15 is 0 Å². The van der Waals surface area contributed by atoms with Gasteiger partial charge in [0.25, 0.3) is 0 Å². The van der Waals surface area contributed by atoms with Gasteiger partial charge in [0.2, 0.25) is 17.6 Å². The van der Waals surface area contributed by atoms with Gasteiger partial charge in [0.05, 0.1) is 7.11 Å². The Hall–Kier alpha value is -2.12. The van der Waals surface area contributed by atoms with E-state index in [-0.39, 0.29) is 30.3 Å². The zero-order valence-electron chi connectivity index (χ0n) is 15.2. The van der Waals surface area contributed by atoms with Crippen LogP contribution in [0.2, 0.25) is 0 Å². The summed E-state index contributed by atoms with van der Waals surface area (Å²) < 4.78 is 10.5. The van der Waals surface area contributed by atoms with Gasteiger partial charge in [0.15, 0.2) is 0 Å². The first kappa shape index (κ1) is 20.2. The Labute approximate surface area is 159 Å². The molecule has 8 heteroatoms. The van der Waals surface area contributed by atoms with Gasteiger partial charge in [0, 0.05) is 17.5 Å². The van der Waals surface area contributed by atoms with E-state index < -0.39 is 0 Å². The van der Waals surface area contributed by atoms with Gasteiger partial charge in [-0.15, -0.1) is 12.4 Å². The van der Waals surface area contributed by atoms with Gasteiger partial charge in [0.1, 0.15) is 11.8 Å². The first-order valence-corrected chi connectivity index (χ1v) is 8.58. The van der Waals surface area contributed by atoms with Crippen LogP contribution >= 0.6 is 12.4 Å². The number of carbonyl (C=O) groups excluding carboxylic acids is 1. The molecule has 0 radical (unpaired) electrons. The highest BCUT2D eigenvalue weighted by Gasteiger charge is 2.27. The Bertz CT molecular complexity index is 737. The number of rotatable bonds is 5. The highest BCUT2D eigenvalue weighted by atomic mass is 35.5. The van der Waals surface area contributed by atoms with Crippen molar-refractivity contribution in [3.63, 3.8) is 0 Å². The number of halogens is 1. The number of amides is 1. The maximum absolute atomic E-state index is 12.4. The Kier molecular flexibility index (Phi) is 6.99. The number of nitrogens with one attached hydrogen (secondary N) is 2. The molecule has 2 N–H and O–H groups in total. The molecule has 1 unspecified atom stereocenters. The molecule has 2 heterocycles. The van der Waals surface area contributed by atoms with Crippen molar-refractivity contribution in [3.8, 4) is 17.1 Å². The summed E-state index contributed by atoms with van der Waals surface area (Å²) in [6.07, 6.45) is 1.69. The third-order valence-electron chi connectivity index (χ3n) is 4.49. The summed E-state index contributed by atoms with van der Waals surface area (Å²) in [4.78, 5) is 16.9. The maximum atomic E-state index is 12.4. The average Bonchev–Trinajstić information content (AvgIpc) is 3.12. The molecule has 1 aliphatic rings. The number of hydrogen-bond acceptors (Lipinski definition) is 6. The van der Waals surface area contributed by atoms with Gasteiger partial charge >= 0.3 is 0 Å². The lowest BCUT2D eigenvalue weighted by Crippen LogP contribution is -2.43. The van der Waals surface area contributed by atoms with Crippen molar-refractivity contribution < 1.29 is 14.1 Å². The van der Waals surface area contributed by atoms with Crippen molar-refractivity contribution in [3.05, 3.63) is 30.2 Å². The second kappa shape index (κ2) is 9.00. The van der Waals surface area contributed by atoms with Gasteiger partial charge in [-0.25, -0.2) is 0 Å². The highest BCUT2D eigenvalue weighted by Crippen LogP contribution is 2.23. The number of carbonyl (C=O) groups is 1. The molecule has 7 nitrogen and oxygen atoms in total. The van der Waals surface area contributed by atoms with Crippen LogP contribution in [0.25, 0.3) is 11.4 Å². The largest absolute Gasteiger partial charge is 0.497 e. The van der Waals surface area contributed by atoms with E-state index in [2.05, 4.69) is 27.7 Å². The van der Waals surface area contributed by atoms with E-state index in [4.69, 9.17) is 9.26 Å².